The lowest BCUT2D eigenvalue weighted by Gasteiger charge is -2.14. The molecule has 1 aromatic heterocycles. The topological polar surface area (TPSA) is 98.2 Å². The van der Waals surface area contributed by atoms with Crippen molar-refractivity contribution in [3.63, 3.8) is 0 Å². The Morgan fingerprint density at radius 1 is 1.35 bits per heavy atom. The number of carbonyl (C=O) groups is 3. The van der Waals surface area contributed by atoms with Crippen molar-refractivity contribution in [3.8, 4) is 10.6 Å². The summed E-state index contributed by atoms with van der Waals surface area (Å²) in [6.45, 7) is 0. The van der Waals surface area contributed by atoms with Gasteiger partial charge in [0.2, 0.25) is 0 Å². The zero-order chi connectivity index (χ0) is 19.1. The van der Waals surface area contributed by atoms with Crippen molar-refractivity contribution in [1.82, 2.24) is 4.98 Å². The number of aromatic nitrogens is 1. The summed E-state index contributed by atoms with van der Waals surface area (Å²) in [6.07, 6.45) is 4.18. The van der Waals surface area contributed by atoms with E-state index in [9.17, 15) is 22.8 Å². The molecule has 1 saturated carbocycles. The SMILES string of the molecule is CS(=O)(=O)c1ccc(C(=O)C(C=O)C(=O)C2CC2)c(Cl)c1-c1nccs1. The summed E-state index contributed by atoms with van der Waals surface area (Å²) in [5.41, 5.74) is 0.0499. The Morgan fingerprint density at radius 2 is 2.04 bits per heavy atom. The Kier molecular flexibility index (Phi) is 5.09. The fraction of sp³-hybridized carbons (Fsp3) is 0.294. The van der Waals surface area contributed by atoms with Gasteiger partial charge in [0.05, 0.1) is 9.92 Å². The standard InChI is InChI=1S/C17H14ClNO5S2/c1-26(23,24)12-5-4-10(14(18)13(12)17-19-6-7-25-17)16(22)11(8-20)15(21)9-2-3-9/h4-9,11H,2-3H2,1H3. The van der Waals surface area contributed by atoms with Crippen molar-refractivity contribution in [2.75, 3.05) is 6.26 Å². The van der Waals surface area contributed by atoms with Crippen LogP contribution < -0.4 is 0 Å². The number of carbonyl (C=O) groups excluding carboxylic acids is 3. The van der Waals surface area contributed by atoms with Crippen LogP contribution in [0.1, 0.15) is 23.2 Å². The quantitative estimate of drug-likeness (QED) is 0.394. The van der Waals surface area contributed by atoms with Gasteiger partial charge in [-0.3, -0.25) is 9.59 Å². The van der Waals surface area contributed by atoms with Gasteiger partial charge in [0, 0.05) is 34.9 Å². The van der Waals surface area contributed by atoms with Crippen molar-refractivity contribution in [2.24, 2.45) is 11.8 Å². The van der Waals surface area contributed by atoms with Gasteiger partial charge in [0.1, 0.15) is 17.2 Å². The fourth-order valence-corrected chi connectivity index (χ4v) is 4.76. The van der Waals surface area contributed by atoms with Crippen LogP contribution in [0.5, 0.6) is 0 Å². The van der Waals surface area contributed by atoms with Crippen molar-refractivity contribution in [1.29, 1.82) is 0 Å². The van der Waals surface area contributed by atoms with Crippen LogP contribution in [0.25, 0.3) is 10.6 Å². The number of aldehydes is 1. The lowest BCUT2D eigenvalue weighted by molar-refractivity contribution is -0.126. The molecule has 0 amide bonds. The van der Waals surface area contributed by atoms with Gasteiger partial charge in [-0.1, -0.05) is 11.6 Å². The maximum Gasteiger partial charge on any atom is 0.182 e. The second kappa shape index (κ2) is 7.02. The zero-order valence-corrected chi connectivity index (χ0v) is 16.0. The molecule has 1 aliphatic carbocycles. The highest BCUT2D eigenvalue weighted by atomic mass is 35.5. The first-order valence-electron chi connectivity index (χ1n) is 7.71. The molecule has 1 heterocycles. The van der Waals surface area contributed by atoms with Gasteiger partial charge in [-0.25, -0.2) is 13.4 Å². The molecule has 0 bridgehead atoms. The Balaban J connectivity index is 2.14. The Labute approximate surface area is 159 Å². The Hall–Kier alpha value is -1.90. The molecule has 1 fully saturated rings. The number of rotatable bonds is 7. The predicted molar refractivity (Wildman–Crippen MR) is 97.3 cm³/mol. The summed E-state index contributed by atoms with van der Waals surface area (Å²) < 4.78 is 24.2. The zero-order valence-electron chi connectivity index (χ0n) is 13.6. The number of ketones is 2. The molecule has 0 spiro atoms. The first-order chi connectivity index (χ1) is 12.3. The highest BCUT2D eigenvalue weighted by Gasteiger charge is 2.39. The van der Waals surface area contributed by atoms with E-state index >= 15 is 0 Å². The first-order valence-corrected chi connectivity index (χ1v) is 10.9. The van der Waals surface area contributed by atoms with Gasteiger partial charge in [-0.2, -0.15) is 0 Å². The van der Waals surface area contributed by atoms with Crippen LogP contribution in [0.2, 0.25) is 5.02 Å². The van der Waals surface area contributed by atoms with Gasteiger partial charge in [0.25, 0.3) is 0 Å². The van der Waals surface area contributed by atoms with E-state index < -0.39 is 27.3 Å². The lowest BCUT2D eigenvalue weighted by atomic mass is 9.92. The third kappa shape index (κ3) is 3.49. The van der Waals surface area contributed by atoms with Crippen LogP contribution in [0.3, 0.4) is 0 Å². The van der Waals surface area contributed by atoms with E-state index in [1.165, 1.54) is 29.7 Å². The van der Waals surface area contributed by atoms with Crippen molar-refractivity contribution < 1.29 is 22.8 Å². The van der Waals surface area contributed by atoms with E-state index in [2.05, 4.69) is 4.98 Å². The molecular formula is C17H14ClNO5S2. The van der Waals surface area contributed by atoms with E-state index in [4.69, 9.17) is 11.6 Å². The molecule has 9 heteroatoms. The second-order valence-electron chi connectivity index (χ2n) is 6.06. The van der Waals surface area contributed by atoms with Gasteiger partial charge in [0.15, 0.2) is 21.4 Å². The highest BCUT2D eigenvalue weighted by molar-refractivity contribution is 7.90. The summed E-state index contributed by atoms with van der Waals surface area (Å²) in [4.78, 5) is 40.3. The van der Waals surface area contributed by atoms with Crippen LogP contribution in [-0.4, -0.2) is 37.5 Å². The lowest BCUT2D eigenvalue weighted by Crippen LogP contribution is -2.27. The summed E-state index contributed by atoms with van der Waals surface area (Å²) in [7, 11) is -3.64. The van der Waals surface area contributed by atoms with Crippen LogP contribution in [0.15, 0.2) is 28.6 Å². The third-order valence-electron chi connectivity index (χ3n) is 4.12. The number of thiazole rings is 1. The van der Waals surface area contributed by atoms with Gasteiger partial charge < -0.3 is 4.79 Å². The van der Waals surface area contributed by atoms with Gasteiger partial charge in [-0.15, -0.1) is 11.3 Å². The third-order valence-corrected chi connectivity index (χ3v) is 6.44. The molecule has 1 aliphatic rings. The summed E-state index contributed by atoms with van der Waals surface area (Å²) in [6, 6.07) is 2.50. The molecule has 0 aliphatic heterocycles. The maximum atomic E-state index is 12.8. The molecule has 2 aromatic rings. The minimum absolute atomic E-state index is 0.0598. The van der Waals surface area contributed by atoms with Crippen molar-refractivity contribution in [3.05, 3.63) is 34.3 Å². The fourth-order valence-electron chi connectivity index (χ4n) is 2.65. The normalized spacial score (nSPS) is 15.5. The average Bonchev–Trinajstić information content (AvgIpc) is 3.29. The molecule has 6 nitrogen and oxygen atoms in total. The van der Waals surface area contributed by atoms with E-state index in [1.54, 1.807) is 5.38 Å². The summed E-state index contributed by atoms with van der Waals surface area (Å²) >= 11 is 7.53. The summed E-state index contributed by atoms with van der Waals surface area (Å²) in [5, 5.41) is 1.86. The first kappa shape index (κ1) is 18.9. The Bertz CT molecular complexity index is 994. The monoisotopic (exact) mass is 411 g/mol. The van der Waals surface area contributed by atoms with E-state index in [0.29, 0.717) is 24.1 Å². The molecule has 3 rings (SSSR count). The number of Topliss-reactive ketones (excluding diaryl/α,β-unsaturated/α-hetero) is 2. The summed E-state index contributed by atoms with van der Waals surface area (Å²) in [5.74, 6) is -2.82. The van der Waals surface area contributed by atoms with E-state index in [1.807, 2.05) is 0 Å². The molecule has 136 valence electrons. The van der Waals surface area contributed by atoms with Gasteiger partial charge >= 0.3 is 0 Å². The van der Waals surface area contributed by atoms with Gasteiger partial charge in [-0.05, 0) is 25.0 Å². The minimum atomic E-state index is -3.64. The molecule has 1 aromatic carbocycles. The number of hydrogen-bond acceptors (Lipinski definition) is 7. The average molecular weight is 412 g/mol. The molecule has 1 unspecified atom stereocenters. The number of sulfone groups is 1. The number of benzene rings is 1. The largest absolute Gasteiger partial charge is 0.302 e. The van der Waals surface area contributed by atoms with E-state index in [-0.39, 0.29) is 27.0 Å². The molecule has 0 radical (unpaired) electrons. The number of hydrogen-bond donors (Lipinski definition) is 0. The van der Waals surface area contributed by atoms with Crippen LogP contribution in [0.4, 0.5) is 0 Å². The number of halogens is 1. The van der Waals surface area contributed by atoms with Crippen LogP contribution >= 0.6 is 22.9 Å². The van der Waals surface area contributed by atoms with E-state index in [0.717, 1.165) is 6.26 Å². The smallest absolute Gasteiger partial charge is 0.182 e. The van der Waals surface area contributed by atoms with Crippen LogP contribution in [0, 0.1) is 11.8 Å². The second-order valence-corrected chi connectivity index (χ2v) is 9.32. The van der Waals surface area contributed by atoms with Crippen molar-refractivity contribution >= 4 is 50.6 Å². The van der Waals surface area contributed by atoms with Crippen LogP contribution in [-0.2, 0) is 19.4 Å². The number of nitrogens with zero attached hydrogens (tertiary/aromatic N) is 1. The molecule has 26 heavy (non-hydrogen) atoms. The molecular weight excluding hydrogens is 398 g/mol. The Morgan fingerprint density at radius 3 is 2.54 bits per heavy atom. The minimum Gasteiger partial charge on any atom is -0.302 e. The molecule has 0 saturated heterocycles. The molecule has 0 N–H and O–H groups in total. The molecule has 1 atom stereocenters. The highest BCUT2D eigenvalue weighted by Crippen LogP contribution is 2.39. The predicted octanol–water partition coefficient (Wildman–Crippen LogP) is 2.84. The maximum absolute atomic E-state index is 12.8. The van der Waals surface area contributed by atoms with Crippen molar-refractivity contribution in [2.45, 2.75) is 17.7 Å².